The van der Waals surface area contributed by atoms with Gasteiger partial charge >= 0.3 is 0 Å². The summed E-state index contributed by atoms with van der Waals surface area (Å²) in [5, 5.41) is 4.30. The third kappa shape index (κ3) is 2.38. The van der Waals surface area contributed by atoms with Gasteiger partial charge in [0.05, 0.1) is 17.3 Å². The molecule has 0 aliphatic rings. The van der Waals surface area contributed by atoms with Gasteiger partial charge in [0, 0.05) is 11.6 Å². The minimum atomic E-state index is 0.0360. The van der Waals surface area contributed by atoms with E-state index in [0.29, 0.717) is 0 Å². The van der Waals surface area contributed by atoms with Gasteiger partial charge in [-0.25, -0.2) is 4.98 Å². The van der Waals surface area contributed by atoms with E-state index < -0.39 is 0 Å². The Kier molecular flexibility index (Phi) is 3.16. The van der Waals surface area contributed by atoms with Crippen LogP contribution in [-0.4, -0.2) is 15.0 Å². The summed E-state index contributed by atoms with van der Waals surface area (Å²) in [6.07, 6.45) is 1.78. The third-order valence-corrected chi connectivity index (χ3v) is 3.11. The summed E-state index contributed by atoms with van der Waals surface area (Å²) in [6.45, 7) is 2.04. The Labute approximate surface area is 116 Å². The van der Waals surface area contributed by atoms with Crippen molar-refractivity contribution >= 4 is 22.7 Å². The first-order valence-electron chi connectivity index (χ1n) is 6.44. The van der Waals surface area contributed by atoms with Gasteiger partial charge in [-0.3, -0.25) is 4.98 Å². The molecule has 5 heteroatoms. The number of para-hydroxylation sites is 1. The average molecular weight is 265 g/mol. The summed E-state index contributed by atoms with van der Waals surface area (Å²) in [5.41, 5.74) is 7.54. The van der Waals surface area contributed by atoms with E-state index in [1.54, 1.807) is 6.20 Å². The topological polar surface area (TPSA) is 76.7 Å². The minimum Gasteiger partial charge on any atom is -0.368 e. The standard InChI is InChI=1S/C15H15N5/c1-10(12-7-4-5-9-17-12)18-14-11-6-2-3-8-13(11)19-15(16)20-14/h2-10H,1H3,(H3,16,18,19,20). The van der Waals surface area contributed by atoms with Gasteiger partial charge in [-0.2, -0.15) is 4.98 Å². The zero-order valence-corrected chi connectivity index (χ0v) is 11.1. The van der Waals surface area contributed by atoms with Crippen LogP contribution in [0.15, 0.2) is 48.7 Å². The predicted octanol–water partition coefficient (Wildman–Crippen LogP) is 2.78. The SMILES string of the molecule is CC(Nc1nc(N)nc2ccccc12)c1ccccn1. The highest BCUT2D eigenvalue weighted by Crippen LogP contribution is 2.24. The molecule has 0 radical (unpaired) electrons. The smallest absolute Gasteiger partial charge is 0.222 e. The molecular weight excluding hydrogens is 250 g/mol. The molecule has 0 amide bonds. The van der Waals surface area contributed by atoms with Gasteiger partial charge in [0.25, 0.3) is 0 Å². The highest BCUT2D eigenvalue weighted by Gasteiger charge is 2.10. The number of aromatic nitrogens is 3. The second kappa shape index (κ2) is 5.13. The Balaban J connectivity index is 1.98. The van der Waals surface area contributed by atoms with E-state index in [4.69, 9.17) is 5.73 Å². The second-order valence-electron chi connectivity index (χ2n) is 4.57. The Morgan fingerprint density at radius 3 is 2.65 bits per heavy atom. The predicted molar refractivity (Wildman–Crippen MR) is 80.2 cm³/mol. The molecule has 1 atom stereocenters. The molecule has 3 aromatic rings. The molecule has 3 rings (SSSR count). The molecule has 0 fully saturated rings. The summed E-state index contributed by atoms with van der Waals surface area (Å²) in [5.74, 6) is 0.991. The number of nitrogens with two attached hydrogens (primary N) is 1. The fourth-order valence-electron chi connectivity index (χ4n) is 2.12. The van der Waals surface area contributed by atoms with Crippen LogP contribution in [-0.2, 0) is 0 Å². The van der Waals surface area contributed by atoms with Crippen LogP contribution in [0, 0.1) is 0 Å². The van der Waals surface area contributed by atoms with Crippen molar-refractivity contribution in [2.45, 2.75) is 13.0 Å². The zero-order chi connectivity index (χ0) is 13.9. The Bertz CT molecular complexity index is 727. The number of nitrogens with one attached hydrogen (secondary N) is 1. The van der Waals surface area contributed by atoms with Gasteiger partial charge in [0.15, 0.2) is 0 Å². The molecule has 0 saturated carbocycles. The molecule has 20 heavy (non-hydrogen) atoms. The molecule has 0 bridgehead atoms. The van der Waals surface area contributed by atoms with Gasteiger partial charge < -0.3 is 11.1 Å². The Morgan fingerprint density at radius 2 is 1.85 bits per heavy atom. The monoisotopic (exact) mass is 265 g/mol. The number of anilines is 2. The van der Waals surface area contributed by atoms with Crippen LogP contribution < -0.4 is 11.1 Å². The number of nitrogens with zero attached hydrogens (tertiary/aromatic N) is 3. The van der Waals surface area contributed by atoms with Gasteiger partial charge in [-0.05, 0) is 31.2 Å². The van der Waals surface area contributed by atoms with E-state index in [2.05, 4.69) is 20.3 Å². The molecule has 1 unspecified atom stereocenters. The zero-order valence-electron chi connectivity index (χ0n) is 11.1. The molecule has 0 aliphatic heterocycles. The van der Waals surface area contributed by atoms with Crippen molar-refractivity contribution in [1.29, 1.82) is 0 Å². The van der Waals surface area contributed by atoms with Crippen molar-refractivity contribution in [2.75, 3.05) is 11.1 Å². The number of fused-ring (bicyclic) bond motifs is 1. The number of benzene rings is 1. The van der Waals surface area contributed by atoms with Crippen molar-refractivity contribution in [1.82, 2.24) is 15.0 Å². The van der Waals surface area contributed by atoms with Gasteiger partial charge in [-0.1, -0.05) is 18.2 Å². The van der Waals surface area contributed by atoms with Crippen LogP contribution in [0.25, 0.3) is 10.9 Å². The largest absolute Gasteiger partial charge is 0.368 e. The summed E-state index contributed by atoms with van der Waals surface area (Å²) in [7, 11) is 0. The number of hydrogen-bond acceptors (Lipinski definition) is 5. The van der Waals surface area contributed by atoms with Crippen LogP contribution in [0.1, 0.15) is 18.7 Å². The molecule has 1 aromatic carbocycles. The van der Waals surface area contributed by atoms with E-state index >= 15 is 0 Å². The van der Waals surface area contributed by atoms with E-state index in [1.807, 2.05) is 49.4 Å². The van der Waals surface area contributed by atoms with E-state index in [0.717, 1.165) is 22.4 Å². The summed E-state index contributed by atoms with van der Waals surface area (Å²) in [4.78, 5) is 12.9. The van der Waals surface area contributed by atoms with Crippen LogP contribution in [0.4, 0.5) is 11.8 Å². The maximum Gasteiger partial charge on any atom is 0.222 e. The van der Waals surface area contributed by atoms with Crippen molar-refractivity contribution in [3.05, 3.63) is 54.4 Å². The Hall–Kier alpha value is -2.69. The molecule has 5 nitrogen and oxygen atoms in total. The lowest BCUT2D eigenvalue weighted by atomic mass is 10.2. The molecule has 2 aromatic heterocycles. The highest BCUT2D eigenvalue weighted by atomic mass is 15.1. The van der Waals surface area contributed by atoms with Crippen molar-refractivity contribution < 1.29 is 0 Å². The summed E-state index contributed by atoms with van der Waals surface area (Å²) >= 11 is 0. The van der Waals surface area contributed by atoms with Gasteiger partial charge in [0.1, 0.15) is 5.82 Å². The fourth-order valence-corrected chi connectivity index (χ4v) is 2.12. The third-order valence-electron chi connectivity index (χ3n) is 3.11. The summed E-state index contributed by atoms with van der Waals surface area (Å²) < 4.78 is 0. The van der Waals surface area contributed by atoms with Crippen LogP contribution >= 0.6 is 0 Å². The normalized spacial score (nSPS) is 12.2. The number of hydrogen-bond donors (Lipinski definition) is 2. The van der Waals surface area contributed by atoms with Crippen molar-refractivity contribution in [2.24, 2.45) is 0 Å². The lowest BCUT2D eigenvalue weighted by Crippen LogP contribution is -2.11. The molecule has 0 spiro atoms. The molecule has 0 aliphatic carbocycles. The molecule has 3 N–H and O–H groups in total. The molecule has 0 saturated heterocycles. The summed E-state index contributed by atoms with van der Waals surface area (Å²) in [6, 6.07) is 13.7. The van der Waals surface area contributed by atoms with Crippen LogP contribution in [0.3, 0.4) is 0 Å². The van der Waals surface area contributed by atoms with Crippen LogP contribution in [0.2, 0.25) is 0 Å². The van der Waals surface area contributed by atoms with Crippen LogP contribution in [0.5, 0.6) is 0 Å². The number of pyridine rings is 1. The van der Waals surface area contributed by atoms with E-state index in [1.165, 1.54) is 0 Å². The van der Waals surface area contributed by atoms with Crippen molar-refractivity contribution in [3.63, 3.8) is 0 Å². The van der Waals surface area contributed by atoms with Gasteiger partial charge in [-0.15, -0.1) is 0 Å². The first kappa shape index (κ1) is 12.3. The Morgan fingerprint density at radius 1 is 1.05 bits per heavy atom. The average Bonchev–Trinajstić information content (AvgIpc) is 2.48. The lowest BCUT2D eigenvalue weighted by molar-refractivity contribution is 0.833. The minimum absolute atomic E-state index is 0.0360. The number of rotatable bonds is 3. The van der Waals surface area contributed by atoms with Crippen molar-refractivity contribution in [3.8, 4) is 0 Å². The van der Waals surface area contributed by atoms with E-state index in [-0.39, 0.29) is 12.0 Å². The number of nitrogen functional groups attached to an aromatic ring is 1. The molecular formula is C15H15N5. The highest BCUT2D eigenvalue weighted by molar-refractivity contribution is 5.89. The fraction of sp³-hybridized carbons (Fsp3) is 0.133. The lowest BCUT2D eigenvalue weighted by Gasteiger charge is -2.15. The molecule has 2 heterocycles. The maximum absolute atomic E-state index is 5.76. The van der Waals surface area contributed by atoms with E-state index in [9.17, 15) is 0 Å². The first-order chi connectivity index (χ1) is 9.74. The second-order valence-corrected chi connectivity index (χ2v) is 4.57. The first-order valence-corrected chi connectivity index (χ1v) is 6.44. The quantitative estimate of drug-likeness (QED) is 0.761. The maximum atomic E-state index is 5.76. The molecule has 100 valence electrons. The van der Waals surface area contributed by atoms with Gasteiger partial charge in [0.2, 0.25) is 5.95 Å².